The van der Waals surface area contributed by atoms with Crippen molar-refractivity contribution in [2.45, 2.75) is 13.8 Å². The second-order valence-corrected chi connectivity index (χ2v) is 6.00. The van der Waals surface area contributed by atoms with Crippen LogP contribution in [0.15, 0.2) is 54.7 Å². The van der Waals surface area contributed by atoms with Gasteiger partial charge in [0.05, 0.1) is 11.9 Å². The molecule has 0 unspecified atom stereocenters. The van der Waals surface area contributed by atoms with Crippen molar-refractivity contribution < 1.29 is 4.79 Å². The Labute approximate surface area is 149 Å². The van der Waals surface area contributed by atoms with Gasteiger partial charge < -0.3 is 5.32 Å². The van der Waals surface area contributed by atoms with Gasteiger partial charge in [0.2, 0.25) is 5.95 Å². The Balaban J connectivity index is 1.72. The summed E-state index contributed by atoms with van der Waals surface area (Å²) in [5.74, 6) is 0.418. The molecular weight excluding hydrogens is 328 g/mol. The molecule has 0 fully saturated rings. The summed E-state index contributed by atoms with van der Waals surface area (Å²) in [6, 6.07) is 15.2. The predicted molar refractivity (Wildman–Crippen MR) is 98.9 cm³/mol. The largest absolute Gasteiger partial charge is 0.324 e. The molecule has 2 aromatic heterocycles. The van der Waals surface area contributed by atoms with Gasteiger partial charge in [-0.15, -0.1) is 5.10 Å². The fourth-order valence-electron chi connectivity index (χ4n) is 2.67. The molecule has 4 rings (SSSR count). The van der Waals surface area contributed by atoms with Gasteiger partial charge in [-0.25, -0.2) is 4.98 Å². The zero-order valence-corrected chi connectivity index (χ0v) is 14.3. The van der Waals surface area contributed by atoms with Crippen molar-refractivity contribution in [3.05, 3.63) is 65.9 Å². The third kappa shape index (κ3) is 3.02. The third-order valence-electron chi connectivity index (χ3n) is 3.96. The van der Waals surface area contributed by atoms with Gasteiger partial charge in [-0.05, 0) is 43.7 Å². The van der Waals surface area contributed by atoms with Crippen LogP contribution >= 0.6 is 0 Å². The van der Waals surface area contributed by atoms with E-state index in [1.165, 1.54) is 6.92 Å². The average Bonchev–Trinajstić information content (AvgIpc) is 3.05. The summed E-state index contributed by atoms with van der Waals surface area (Å²) < 4.78 is 1.68. The lowest BCUT2D eigenvalue weighted by atomic mass is 10.1. The van der Waals surface area contributed by atoms with E-state index in [1.54, 1.807) is 23.0 Å². The summed E-state index contributed by atoms with van der Waals surface area (Å²) in [6.45, 7) is 3.56. The number of nitrogens with zero attached hydrogens (tertiary/aromatic N) is 5. The lowest BCUT2D eigenvalue weighted by molar-refractivity contribution is 0.101. The van der Waals surface area contributed by atoms with Gasteiger partial charge in [-0.1, -0.05) is 29.5 Å². The summed E-state index contributed by atoms with van der Waals surface area (Å²) in [5, 5.41) is 11.4. The number of aryl methyl sites for hydroxylation is 1. The van der Waals surface area contributed by atoms with Crippen LogP contribution in [0, 0.1) is 6.92 Å². The van der Waals surface area contributed by atoms with E-state index in [4.69, 9.17) is 0 Å². The summed E-state index contributed by atoms with van der Waals surface area (Å²) in [5.41, 5.74) is 4.59. The number of carbonyl (C=O) groups is 1. The van der Waals surface area contributed by atoms with Gasteiger partial charge in [0, 0.05) is 11.3 Å². The summed E-state index contributed by atoms with van der Waals surface area (Å²) in [7, 11) is 0. The topological polar surface area (TPSA) is 85.6 Å². The second kappa shape index (κ2) is 6.36. The maximum Gasteiger partial charge on any atom is 0.229 e. The molecule has 0 bridgehead atoms. The van der Waals surface area contributed by atoms with Crippen molar-refractivity contribution in [3.8, 4) is 5.69 Å². The van der Waals surface area contributed by atoms with E-state index in [2.05, 4.69) is 25.6 Å². The number of aromatic nitrogens is 5. The Morgan fingerprint density at radius 1 is 1.12 bits per heavy atom. The Morgan fingerprint density at radius 2 is 1.96 bits per heavy atom. The fraction of sp³-hybridized carbons (Fsp3) is 0.105. The van der Waals surface area contributed by atoms with Gasteiger partial charge in [0.1, 0.15) is 0 Å². The van der Waals surface area contributed by atoms with Gasteiger partial charge >= 0.3 is 0 Å². The summed E-state index contributed by atoms with van der Waals surface area (Å²) in [6.07, 6.45) is 1.62. The average molecular weight is 344 g/mol. The summed E-state index contributed by atoms with van der Waals surface area (Å²) >= 11 is 0. The molecule has 1 N–H and O–H groups in total. The smallest absolute Gasteiger partial charge is 0.229 e. The van der Waals surface area contributed by atoms with Crippen LogP contribution in [0.2, 0.25) is 0 Å². The molecule has 0 amide bonds. The van der Waals surface area contributed by atoms with Crippen LogP contribution in [-0.2, 0) is 0 Å². The summed E-state index contributed by atoms with van der Waals surface area (Å²) in [4.78, 5) is 20.4. The number of carbonyl (C=O) groups excluding carboxylic acids is 1. The van der Waals surface area contributed by atoms with Crippen LogP contribution < -0.4 is 5.32 Å². The molecule has 26 heavy (non-hydrogen) atoms. The van der Waals surface area contributed by atoms with E-state index < -0.39 is 0 Å². The van der Waals surface area contributed by atoms with Crippen LogP contribution in [0.4, 0.5) is 11.6 Å². The van der Waals surface area contributed by atoms with Gasteiger partial charge in [-0.2, -0.15) is 9.67 Å². The quantitative estimate of drug-likeness (QED) is 0.571. The number of hydrogen-bond donors (Lipinski definition) is 1. The number of fused-ring (bicyclic) bond motifs is 1. The van der Waals surface area contributed by atoms with Crippen molar-refractivity contribution >= 4 is 28.6 Å². The van der Waals surface area contributed by atoms with Crippen LogP contribution in [0.1, 0.15) is 22.8 Å². The molecule has 2 aromatic carbocycles. The normalized spacial score (nSPS) is 10.8. The number of Topliss-reactive ketones (excluding diaryl/α,β-unsaturated/α-hetero) is 1. The van der Waals surface area contributed by atoms with E-state index in [1.807, 2.05) is 43.3 Å². The number of ketones is 1. The molecule has 0 saturated heterocycles. The van der Waals surface area contributed by atoms with Crippen LogP contribution in [0.5, 0.6) is 0 Å². The molecule has 0 aliphatic carbocycles. The fourth-order valence-corrected chi connectivity index (χ4v) is 2.67. The number of rotatable bonds is 4. The van der Waals surface area contributed by atoms with Crippen molar-refractivity contribution in [2.75, 3.05) is 5.32 Å². The molecular formula is C19H16N6O. The van der Waals surface area contributed by atoms with E-state index in [-0.39, 0.29) is 5.78 Å². The Bertz CT molecular complexity index is 1120. The lowest BCUT2D eigenvalue weighted by Gasteiger charge is -2.07. The standard InChI is InChI=1S/C19H16N6O/c1-12-5-3-8-16(9-12)25-18-17(23-24-25)11-20-19(22-18)21-15-7-4-6-14(10-15)13(2)26/h3-11H,1-2H3,(H,20,21,22). The van der Waals surface area contributed by atoms with Gasteiger partial charge in [-0.3, -0.25) is 4.79 Å². The van der Waals surface area contributed by atoms with Crippen LogP contribution in [-0.4, -0.2) is 30.7 Å². The van der Waals surface area contributed by atoms with Crippen molar-refractivity contribution in [1.82, 2.24) is 25.0 Å². The minimum absolute atomic E-state index is 0.00624. The third-order valence-corrected chi connectivity index (χ3v) is 3.96. The Hall–Kier alpha value is -3.61. The molecule has 0 aliphatic rings. The monoisotopic (exact) mass is 344 g/mol. The first-order valence-corrected chi connectivity index (χ1v) is 8.14. The van der Waals surface area contributed by atoms with Crippen LogP contribution in [0.3, 0.4) is 0 Å². The van der Waals surface area contributed by atoms with E-state index in [0.29, 0.717) is 22.7 Å². The van der Waals surface area contributed by atoms with Crippen molar-refractivity contribution in [3.63, 3.8) is 0 Å². The molecule has 128 valence electrons. The van der Waals surface area contributed by atoms with Crippen LogP contribution in [0.25, 0.3) is 16.9 Å². The molecule has 0 atom stereocenters. The SMILES string of the molecule is CC(=O)c1cccc(Nc2ncc3nnn(-c4cccc(C)c4)c3n2)c1. The first-order valence-electron chi connectivity index (χ1n) is 8.14. The maximum atomic E-state index is 11.5. The molecule has 7 heteroatoms. The minimum Gasteiger partial charge on any atom is -0.324 e. The number of hydrogen-bond acceptors (Lipinski definition) is 6. The zero-order chi connectivity index (χ0) is 18.1. The highest BCUT2D eigenvalue weighted by molar-refractivity contribution is 5.95. The predicted octanol–water partition coefficient (Wildman–Crippen LogP) is 3.47. The second-order valence-electron chi connectivity index (χ2n) is 6.00. The molecule has 0 spiro atoms. The first-order chi connectivity index (χ1) is 12.6. The molecule has 0 saturated carbocycles. The number of benzene rings is 2. The Kier molecular flexibility index (Phi) is 3.89. The molecule has 4 aromatic rings. The Morgan fingerprint density at radius 3 is 2.77 bits per heavy atom. The van der Waals surface area contributed by atoms with Gasteiger partial charge in [0.15, 0.2) is 16.9 Å². The lowest BCUT2D eigenvalue weighted by Crippen LogP contribution is -2.02. The molecule has 0 aliphatic heterocycles. The highest BCUT2D eigenvalue weighted by atomic mass is 16.1. The van der Waals surface area contributed by atoms with Crippen molar-refractivity contribution in [2.24, 2.45) is 0 Å². The maximum absolute atomic E-state index is 11.5. The number of anilines is 2. The highest BCUT2D eigenvalue weighted by Gasteiger charge is 2.11. The zero-order valence-electron chi connectivity index (χ0n) is 14.3. The molecule has 2 heterocycles. The van der Waals surface area contributed by atoms with E-state index >= 15 is 0 Å². The van der Waals surface area contributed by atoms with Crippen molar-refractivity contribution in [1.29, 1.82) is 0 Å². The molecule has 7 nitrogen and oxygen atoms in total. The first kappa shape index (κ1) is 15.9. The van der Waals surface area contributed by atoms with E-state index in [9.17, 15) is 4.79 Å². The van der Waals surface area contributed by atoms with Gasteiger partial charge in [0.25, 0.3) is 0 Å². The van der Waals surface area contributed by atoms with E-state index in [0.717, 1.165) is 16.9 Å². The highest BCUT2D eigenvalue weighted by Crippen LogP contribution is 2.19. The minimum atomic E-state index is 0.00624. The molecule has 0 radical (unpaired) electrons. The number of nitrogens with one attached hydrogen (secondary N) is 1.